The molecule has 1 atom stereocenters. The molecule has 3 amide bonds. The average Bonchev–Trinajstić information content (AvgIpc) is 2.68. The molecule has 2 aromatic carbocycles. The normalized spacial score (nSPS) is 12.2. The molecule has 0 aliphatic heterocycles. The SMILES string of the molecule is CC(C)C(=O)Nc1ccc(NC(=O)C(C)NC(=O)c2ccc(C(C)(C)C)cc2)cc1. The van der Waals surface area contributed by atoms with E-state index in [1.165, 1.54) is 0 Å². The molecule has 0 aliphatic rings. The minimum Gasteiger partial charge on any atom is -0.341 e. The Balaban J connectivity index is 1.92. The van der Waals surface area contributed by atoms with Crippen LogP contribution >= 0.6 is 0 Å². The third kappa shape index (κ3) is 6.44. The number of benzene rings is 2. The standard InChI is InChI=1S/C24H31N3O3/c1-15(2)21(28)26-19-11-13-20(14-12-19)27-22(29)16(3)25-23(30)17-7-9-18(10-8-17)24(4,5)6/h7-16H,1-6H3,(H,25,30)(H,26,28)(H,27,29). The lowest BCUT2D eigenvalue weighted by molar-refractivity contribution is -0.119. The summed E-state index contributed by atoms with van der Waals surface area (Å²) < 4.78 is 0. The van der Waals surface area contributed by atoms with Gasteiger partial charge in [0.15, 0.2) is 0 Å². The van der Waals surface area contributed by atoms with E-state index in [4.69, 9.17) is 0 Å². The summed E-state index contributed by atoms with van der Waals surface area (Å²) in [5, 5.41) is 8.27. The van der Waals surface area contributed by atoms with E-state index in [1.807, 2.05) is 26.0 Å². The van der Waals surface area contributed by atoms with Gasteiger partial charge in [0.1, 0.15) is 6.04 Å². The topological polar surface area (TPSA) is 87.3 Å². The first-order valence-electron chi connectivity index (χ1n) is 10.1. The van der Waals surface area contributed by atoms with Crippen LogP contribution in [0.15, 0.2) is 48.5 Å². The van der Waals surface area contributed by atoms with Crippen LogP contribution in [-0.2, 0) is 15.0 Å². The molecule has 2 aromatic rings. The quantitative estimate of drug-likeness (QED) is 0.663. The van der Waals surface area contributed by atoms with Crippen molar-refractivity contribution in [3.8, 4) is 0 Å². The summed E-state index contributed by atoms with van der Waals surface area (Å²) >= 11 is 0. The van der Waals surface area contributed by atoms with Crippen LogP contribution in [0.4, 0.5) is 11.4 Å². The van der Waals surface area contributed by atoms with Crippen LogP contribution in [0.5, 0.6) is 0 Å². The highest BCUT2D eigenvalue weighted by atomic mass is 16.2. The summed E-state index contributed by atoms with van der Waals surface area (Å²) in [5.74, 6) is -0.810. The number of amides is 3. The maximum Gasteiger partial charge on any atom is 0.251 e. The highest BCUT2D eigenvalue weighted by molar-refractivity contribution is 6.01. The van der Waals surface area contributed by atoms with Gasteiger partial charge in [-0.3, -0.25) is 14.4 Å². The highest BCUT2D eigenvalue weighted by Crippen LogP contribution is 2.22. The van der Waals surface area contributed by atoms with Gasteiger partial charge >= 0.3 is 0 Å². The van der Waals surface area contributed by atoms with Crippen LogP contribution in [0.3, 0.4) is 0 Å². The van der Waals surface area contributed by atoms with Gasteiger partial charge in [0.05, 0.1) is 0 Å². The fourth-order valence-electron chi connectivity index (χ4n) is 2.64. The molecule has 0 aliphatic carbocycles. The van der Waals surface area contributed by atoms with Crippen molar-refractivity contribution in [2.24, 2.45) is 5.92 Å². The molecule has 3 N–H and O–H groups in total. The lowest BCUT2D eigenvalue weighted by Gasteiger charge is -2.19. The first-order chi connectivity index (χ1) is 14.0. The third-order valence-corrected chi connectivity index (χ3v) is 4.70. The number of nitrogens with one attached hydrogen (secondary N) is 3. The van der Waals surface area contributed by atoms with Crippen LogP contribution in [0, 0.1) is 5.92 Å². The maximum atomic E-state index is 12.4. The van der Waals surface area contributed by atoms with E-state index in [1.54, 1.807) is 43.3 Å². The van der Waals surface area contributed by atoms with Gasteiger partial charge in [-0.25, -0.2) is 0 Å². The van der Waals surface area contributed by atoms with Crippen molar-refractivity contribution in [1.29, 1.82) is 0 Å². The van der Waals surface area contributed by atoms with Crippen LogP contribution < -0.4 is 16.0 Å². The number of carbonyl (C=O) groups is 3. The Kier molecular flexibility index (Phi) is 7.38. The van der Waals surface area contributed by atoms with Gasteiger partial charge in [-0.05, 0) is 54.3 Å². The molecule has 0 saturated heterocycles. The predicted molar refractivity (Wildman–Crippen MR) is 121 cm³/mol. The van der Waals surface area contributed by atoms with E-state index in [2.05, 4.69) is 36.7 Å². The molecular formula is C24H31N3O3. The summed E-state index contributed by atoms with van der Waals surface area (Å²) in [6.07, 6.45) is 0. The van der Waals surface area contributed by atoms with Crippen molar-refractivity contribution in [3.63, 3.8) is 0 Å². The average molecular weight is 410 g/mol. The molecule has 0 spiro atoms. The predicted octanol–water partition coefficient (Wildman–Crippen LogP) is 4.34. The van der Waals surface area contributed by atoms with E-state index in [0.717, 1.165) is 5.56 Å². The molecule has 1 unspecified atom stereocenters. The fourth-order valence-corrected chi connectivity index (χ4v) is 2.64. The molecule has 0 fully saturated rings. The largest absolute Gasteiger partial charge is 0.341 e. The van der Waals surface area contributed by atoms with Crippen LogP contribution in [0.25, 0.3) is 0 Å². The zero-order valence-electron chi connectivity index (χ0n) is 18.5. The van der Waals surface area contributed by atoms with Crippen LogP contribution in [-0.4, -0.2) is 23.8 Å². The van der Waals surface area contributed by atoms with Crippen LogP contribution in [0.2, 0.25) is 0 Å². The van der Waals surface area contributed by atoms with Gasteiger partial charge < -0.3 is 16.0 Å². The second-order valence-electron chi connectivity index (χ2n) is 8.73. The number of carbonyl (C=O) groups excluding carboxylic acids is 3. The lowest BCUT2D eigenvalue weighted by atomic mass is 9.86. The fraction of sp³-hybridized carbons (Fsp3) is 0.375. The Morgan fingerprint density at radius 2 is 1.20 bits per heavy atom. The lowest BCUT2D eigenvalue weighted by Crippen LogP contribution is -2.41. The van der Waals surface area contributed by atoms with E-state index in [-0.39, 0.29) is 29.1 Å². The third-order valence-electron chi connectivity index (χ3n) is 4.70. The zero-order valence-corrected chi connectivity index (χ0v) is 18.5. The number of anilines is 2. The van der Waals surface area contributed by atoms with E-state index in [9.17, 15) is 14.4 Å². The Labute approximate surface area is 178 Å². The number of rotatable bonds is 6. The minimum atomic E-state index is -0.708. The molecule has 2 rings (SSSR count). The summed E-state index contributed by atoms with van der Waals surface area (Å²) in [6, 6.07) is 13.5. The van der Waals surface area contributed by atoms with E-state index >= 15 is 0 Å². The molecule has 6 nitrogen and oxygen atoms in total. The van der Waals surface area contributed by atoms with Crippen molar-refractivity contribution in [2.45, 2.75) is 53.0 Å². The van der Waals surface area contributed by atoms with Crippen molar-refractivity contribution in [2.75, 3.05) is 10.6 Å². The van der Waals surface area contributed by atoms with Gasteiger partial charge in [0, 0.05) is 22.9 Å². The molecule has 0 saturated carbocycles. The molecule has 0 aromatic heterocycles. The summed E-state index contributed by atoms with van der Waals surface area (Å²) in [7, 11) is 0. The molecule has 160 valence electrons. The van der Waals surface area contributed by atoms with Crippen molar-refractivity contribution in [3.05, 3.63) is 59.7 Å². The molecule has 6 heteroatoms. The highest BCUT2D eigenvalue weighted by Gasteiger charge is 2.18. The minimum absolute atomic E-state index is 0.00925. The van der Waals surface area contributed by atoms with Crippen LogP contribution in [0.1, 0.15) is 57.5 Å². The van der Waals surface area contributed by atoms with Crippen molar-refractivity contribution >= 4 is 29.1 Å². The molecule has 30 heavy (non-hydrogen) atoms. The molecule has 0 heterocycles. The van der Waals surface area contributed by atoms with Gasteiger partial charge in [-0.15, -0.1) is 0 Å². The number of hydrogen-bond acceptors (Lipinski definition) is 3. The zero-order chi connectivity index (χ0) is 22.5. The van der Waals surface area contributed by atoms with Gasteiger partial charge in [-0.2, -0.15) is 0 Å². The Hall–Kier alpha value is -3.15. The van der Waals surface area contributed by atoms with Gasteiger partial charge in [-0.1, -0.05) is 46.8 Å². The summed E-state index contributed by atoms with van der Waals surface area (Å²) in [6.45, 7) is 11.6. The summed E-state index contributed by atoms with van der Waals surface area (Å²) in [4.78, 5) is 36.6. The van der Waals surface area contributed by atoms with Crippen molar-refractivity contribution < 1.29 is 14.4 Å². The van der Waals surface area contributed by atoms with Gasteiger partial charge in [0.2, 0.25) is 11.8 Å². The van der Waals surface area contributed by atoms with E-state index in [0.29, 0.717) is 16.9 Å². The molecule has 0 bridgehead atoms. The number of hydrogen-bond donors (Lipinski definition) is 3. The maximum absolute atomic E-state index is 12.4. The summed E-state index contributed by atoms with van der Waals surface area (Å²) in [5.41, 5.74) is 2.89. The smallest absolute Gasteiger partial charge is 0.251 e. The van der Waals surface area contributed by atoms with E-state index < -0.39 is 6.04 Å². The Morgan fingerprint density at radius 1 is 0.733 bits per heavy atom. The second kappa shape index (κ2) is 9.57. The monoisotopic (exact) mass is 409 g/mol. The Morgan fingerprint density at radius 3 is 1.63 bits per heavy atom. The first-order valence-corrected chi connectivity index (χ1v) is 10.1. The molecular weight excluding hydrogens is 378 g/mol. The first kappa shape index (κ1) is 23.1. The van der Waals surface area contributed by atoms with Gasteiger partial charge in [0.25, 0.3) is 5.91 Å². The second-order valence-corrected chi connectivity index (χ2v) is 8.73. The molecule has 0 radical (unpaired) electrons. The Bertz CT molecular complexity index is 895. The van der Waals surface area contributed by atoms with Crippen molar-refractivity contribution in [1.82, 2.24) is 5.32 Å².